The number of nitrogens with zero attached hydrogens (tertiary/aromatic N) is 3. The number of carbonyl (C=O) groups excluding carboxylic acids is 2. The summed E-state index contributed by atoms with van der Waals surface area (Å²) in [5.41, 5.74) is 2.95. The fourth-order valence-corrected chi connectivity index (χ4v) is 3.79. The number of carbonyl (C=O) groups is 2. The van der Waals surface area contributed by atoms with Gasteiger partial charge in [-0.1, -0.05) is 12.1 Å². The van der Waals surface area contributed by atoms with Gasteiger partial charge < -0.3 is 10.1 Å². The summed E-state index contributed by atoms with van der Waals surface area (Å²) >= 11 is 0.875. The number of methoxy groups -OCH3 is 1. The highest BCUT2D eigenvalue weighted by Crippen LogP contribution is 2.31. The minimum Gasteiger partial charge on any atom is -0.497 e. The van der Waals surface area contributed by atoms with Crippen LogP contribution in [0, 0.1) is 0 Å². The first-order valence-electron chi connectivity index (χ1n) is 9.15. The van der Waals surface area contributed by atoms with Crippen LogP contribution in [0.4, 0.5) is 10.6 Å². The van der Waals surface area contributed by atoms with Crippen LogP contribution in [0.5, 0.6) is 5.75 Å². The molecule has 2 N–H and O–H groups in total. The lowest BCUT2D eigenvalue weighted by molar-refractivity contribution is -0.115. The summed E-state index contributed by atoms with van der Waals surface area (Å²) in [6, 6.07) is 10.1. The van der Waals surface area contributed by atoms with Crippen LogP contribution in [-0.2, 0) is 4.79 Å². The van der Waals surface area contributed by atoms with E-state index in [1.54, 1.807) is 23.9 Å². The summed E-state index contributed by atoms with van der Waals surface area (Å²) < 4.78 is 7.07. The summed E-state index contributed by atoms with van der Waals surface area (Å²) in [6.07, 6.45) is 5.54. The zero-order chi connectivity index (χ0) is 20.0. The second-order valence-electron chi connectivity index (χ2n) is 6.86. The Balaban J connectivity index is 1.65. The average Bonchev–Trinajstić information content (AvgIpc) is 3.36. The van der Waals surface area contributed by atoms with E-state index in [1.807, 2.05) is 30.3 Å². The lowest BCUT2D eigenvalue weighted by atomic mass is 10.1. The molecule has 2 aliphatic rings. The molecule has 1 saturated carbocycles. The van der Waals surface area contributed by atoms with Gasteiger partial charge in [0.15, 0.2) is 5.65 Å². The van der Waals surface area contributed by atoms with Crippen LogP contribution in [0.2, 0.25) is 0 Å². The summed E-state index contributed by atoms with van der Waals surface area (Å²) in [5.74, 6) is 1.17. The molecule has 29 heavy (non-hydrogen) atoms. The minimum atomic E-state index is -0.403. The predicted octanol–water partition coefficient (Wildman–Crippen LogP) is 3.30. The van der Waals surface area contributed by atoms with Crippen LogP contribution in [0.25, 0.3) is 23.0 Å². The highest BCUT2D eigenvalue weighted by Gasteiger charge is 2.26. The summed E-state index contributed by atoms with van der Waals surface area (Å²) in [4.78, 5) is 28.5. The van der Waals surface area contributed by atoms with Crippen molar-refractivity contribution in [2.75, 3.05) is 12.4 Å². The number of imide groups is 1. The SMILES string of the molecule is COc1cccc(-c2cc(NC3CC3)n3ncc(/C=C4\SC(=O)NC4=O)c3n2)c1. The third-order valence-corrected chi connectivity index (χ3v) is 5.53. The van der Waals surface area contributed by atoms with E-state index < -0.39 is 5.91 Å². The zero-order valence-electron chi connectivity index (χ0n) is 15.5. The smallest absolute Gasteiger partial charge is 0.290 e. The molecule has 0 spiro atoms. The number of nitrogens with one attached hydrogen (secondary N) is 2. The molecule has 2 amide bonds. The van der Waals surface area contributed by atoms with E-state index in [9.17, 15) is 9.59 Å². The van der Waals surface area contributed by atoms with E-state index in [0.717, 1.165) is 47.4 Å². The van der Waals surface area contributed by atoms with E-state index in [1.165, 1.54) is 0 Å². The van der Waals surface area contributed by atoms with Gasteiger partial charge in [-0.05, 0) is 42.8 Å². The van der Waals surface area contributed by atoms with E-state index in [2.05, 4.69) is 15.7 Å². The van der Waals surface area contributed by atoms with Crippen molar-refractivity contribution in [2.45, 2.75) is 18.9 Å². The zero-order valence-corrected chi connectivity index (χ0v) is 16.3. The number of thioether (sulfide) groups is 1. The third kappa shape index (κ3) is 3.44. The quantitative estimate of drug-likeness (QED) is 0.626. The molecule has 0 unspecified atom stereocenters. The fourth-order valence-electron chi connectivity index (χ4n) is 3.11. The normalized spacial score (nSPS) is 17.8. The average molecular weight is 407 g/mol. The maximum Gasteiger partial charge on any atom is 0.290 e. The molecule has 9 heteroatoms. The first-order valence-corrected chi connectivity index (χ1v) is 9.97. The number of rotatable bonds is 5. The topological polar surface area (TPSA) is 97.6 Å². The van der Waals surface area contributed by atoms with E-state index in [4.69, 9.17) is 9.72 Å². The predicted molar refractivity (Wildman–Crippen MR) is 111 cm³/mol. The number of hydrogen-bond acceptors (Lipinski definition) is 7. The van der Waals surface area contributed by atoms with Gasteiger partial charge in [-0.2, -0.15) is 9.61 Å². The summed E-state index contributed by atoms with van der Waals surface area (Å²) in [6.45, 7) is 0. The van der Waals surface area contributed by atoms with Crippen LogP contribution >= 0.6 is 11.8 Å². The van der Waals surface area contributed by atoms with Crippen LogP contribution in [0.15, 0.2) is 41.4 Å². The standard InChI is InChI=1S/C20H17N5O3S/c1-28-14-4-2-3-11(7-14)15-9-17(22-13-5-6-13)25-18(23-15)12(10-21-25)8-16-19(26)24-20(27)29-16/h2-4,7-10,13,22H,5-6H2,1H3,(H,24,26,27)/b16-8-. The maximum atomic E-state index is 11.9. The Morgan fingerprint density at radius 1 is 1.31 bits per heavy atom. The van der Waals surface area contributed by atoms with Crippen LogP contribution in [0.1, 0.15) is 18.4 Å². The molecule has 8 nitrogen and oxygen atoms in total. The summed E-state index contributed by atoms with van der Waals surface area (Å²) in [5, 5.41) is 9.83. The Bertz CT molecular complexity index is 1180. The lowest BCUT2D eigenvalue weighted by Gasteiger charge is -2.11. The number of hydrogen-bond donors (Lipinski definition) is 2. The number of aromatic nitrogens is 3. The Hall–Kier alpha value is -3.33. The molecule has 1 aromatic carbocycles. The monoisotopic (exact) mass is 407 g/mol. The van der Waals surface area contributed by atoms with Gasteiger partial charge in [-0.3, -0.25) is 14.9 Å². The van der Waals surface area contributed by atoms with E-state index in [0.29, 0.717) is 22.2 Å². The highest BCUT2D eigenvalue weighted by atomic mass is 32.2. The van der Waals surface area contributed by atoms with Gasteiger partial charge in [0.25, 0.3) is 11.1 Å². The Labute approximate surface area is 170 Å². The Morgan fingerprint density at radius 2 is 2.17 bits per heavy atom. The van der Waals surface area contributed by atoms with Crippen LogP contribution in [-0.4, -0.2) is 38.9 Å². The molecule has 0 radical (unpaired) electrons. The van der Waals surface area contributed by atoms with Gasteiger partial charge in [-0.25, -0.2) is 4.98 Å². The fraction of sp³-hybridized carbons (Fsp3) is 0.200. The lowest BCUT2D eigenvalue weighted by Crippen LogP contribution is -2.17. The molecule has 5 rings (SSSR count). The van der Waals surface area contributed by atoms with Crippen LogP contribution < -0.4 is 15.4 Å². The molecule has 1 saturated heterocycles. The maximum absolute atomic E-state index is 11.9. The molecule has 3 heterocycles. The van der Waals surface area contributed by atoms with Crippen molar-refractivity contribution in [3.05, 3.63) is 47.0 Å². The van der Waals surface area contributed by atoms with E-state index >= 15 is 0 Å². The molecule has 0 bridgehead atoms. The second-order valence-corrected chi connectivity index (χ2v) is 7.88. The van der Waals surface area contributed by atoms with Crippen molar-refractivity contribution in [1.82, 2.24) is 19.9 Å². The molecule has 3 aromatic rings. The van der Waals surface area contributed by atoms with Crippen molar-refractivity contribution in [3.63, 3.8) is 0 Å². The van der Waals surface area contributed by atoms with Crippen molar-refractivity contribution in [1.29, 1.82) is 0 Å². The number of ether oxygens (including phenoxy) is 1. The van der Waals surface area contributed by atoms with Gasteiger partial charge in [0.2, 0.25) is 0 Å². The first-order chi connectivity index (χ1) is 14.1. The van der Waals surface area contributed by atoms with Crippen molar-refractivity contribution >= 4 is 40.4 Å². The molecule has 146 valence electrons. The molecule has 1 aliphatic heterocycles. The number of amides is 2. The van der Waals surface area contributed by atoms with Gasteiger partial charge in [0.1, 0.15) is 11.6 Å². The Morgan fingerprint density at radius 3 is 2.90 bits per heavy atom. The summed E-state index contributed by atoms with van der Waals surface area (Å²) in [7, 11) is 1.63. The Kier molecular flexibility index (Phi) is 4.24. The molecular formula is C20H17N5O3S. The van der Waals surface area contributed by atoms with Gasteiger partial charge in [-0.15, -0.1) is 0 Å². The molecule has 0 atom stereocenters. The number of benzene rings is 1. The highest BCUT2D eigenvalue weighted by molar-refractivity contribution is 8.18. The molecule has 2 aromatic heterocycles. The molecule has 2 fully saturated rings. The third-order valence-electron chi connectivity index (χ3n) is 4.72. The van der Waals surface area contributed by atoms with Crippen molar-refractivity contribution in [3.8, 4) is 17.0 Å². The van der Waals surface area contributed by atoms with Crippen molar-refractivity contribution in [2.24, 2.45) is 0 Å². The van der Waals surface area contributed by atoms with Crippen molar-refractivity contribution < 1.29 is 14.3 Å². The largest absolute Gasteiger partial charge is 0.497 e. The number of fused-ring (bicyclic) bond motifs is 1. The van der Waals surface area contributed by atoms with Gasteiger partial charge in [0, 0.05) is 23.2 Å². The molecular weight excluding hydrogens is 390 g/mol. The van der Waals surface area contributed by atoms with Crippen LogP contribution in [0.3, 0.4) is 0 Å². The minimum absolute atomic E-state index is 0.329. The molecule has 1 aliphatic carbocycles. The van der Waals surface area contributed by atoms with E-state index in [-0.39, 0.29) is 5.24 Å². The second kappa shape index (κ2) is 6.93. The number of anilines is 1. The van der Waals surface area contributed by atoms with Gasteiger partial charge >= 0.3 is 0 Å². The van der Waals surface area contributed by atoms with Gasteiger partial charge in [0.05, 0.1) is 23.9 Å². The first kappa shape index (κ1) is 17.7.